The van der Waals surface area contributed by atoms with Crippen molar-refractivity contribution in [3.05, 3.63) is 0 Å². The van der Waals surface area contributed by atoms with Crippen molar-refractivity contribution in [3.63, 3.8) is 0 Å². The van der Waals surface area contributed by atoms with Gasteiger partial charge in [0.25, 0.3) is 0 Å². The van der Waals surface area contributed by atoms with Crippen molar-refractivity contribution in [2.24, 2.45) is 17.2 Å². The number of nitrogens with two attached hydrogens (primary N) is 3. The highest BCUT2D eigenvalue weighted by Crippen LogP contribution is 1.95. The van der Waals surface area contributed by atoms with E-state index in [-0.39, 0.29) is 25.7 Å². The maximum Gasteiger partial charge on any atom is 0.322 e. The molecule has 0 fully saturated rings. The van der Waals surface area contributed by atoms with Gasteiger partial charge in [-0.2, -0.15) is 0 Å². The first-order valence-corrected chi connectivity index (χ1v) is 5.93. The van der Waals surface area contributed by atoms with E-state index in [1.165, 1.54) is 7.11 Å². The molecule has 0 saturated carbocycles. The lowest BCUT2D eigenvalue weighted by Gasteiger charge is -2.06. The third kappa shape index (κ3) is 14.0. The van der Waals surface area contributed by atoms with Gasteiger partial charge in [0.05, 0.1) is 7.11 Å². The summed E-state index contributed by atoms with van der Waals surface area (Å²) in [5.74, 6) is -3.19. The van der Waals surface area contributed by atoms with Crippen molar-refractivity contribution < 1.29 is 34.1 Å². The molecule has 122 valence electrons. The fourth-order valence-corrected chi connectivity index (χ4v) is 0.969. The highest BCUT2D eigenvalue weighted by Gasteiger charge is 2.13. The topological polar surface area (TPSA) is 196 Å². The zero-order valence-electron chi connectivity index (χ0n) is 11.7. The van der Waals surface area contributed by atoms with Crippen LogP contribution in [0.25, 0.3) is 0 Å². The van der Waals surface area contributed by atoms with Gasteiger partial charge in [-0.05, 0) is 12.8 Å². The van der Waals surface area contributed by atoms with Crippen molar-refractivity contribution >= 4 is 23.8 Å². The molecule has 0 aliphatic heterocycles. The highest BCUT2D eigenvalue weighted by molar-refractivity contribution is 5.78. The zero-order valence-corrected chi connectivity index (χ0v) is 11.7. The number of aliphatic carboxylic acids is 2. The van der Waals surface area contributed by atoms with Gasteiger partial charge in [0.1, 0.15) is 12.1 Å². The molecule has 2 atom stereocenters. The summed E-state index contributed by atoms with van der Waals surface area (Å²) in [4.78, 5) is 40.7. The van der Waals surface area contributed by atoms with Crippen LogP contribution in [0.15, 0.2) is 0 Å². The normalized spacial score (nSPS) is 12.3. The Balaban J connectivity index is 0. The number of carboxylic acids is 2. The summed E-state index contributed by atoms with van der Waals surface area (Å²) < 4.78 is 4.33. The number of hydrogen-bond donors (Lipinski definition) is 5. The number of hydrogen-bond acceptors (Lipinski definition) is 7. The number of methoxy groups -OCH3 is 1. The molecule has 0 bridgehead atoms. The Morgan fingerprint density at radius 2 is 1.48 bits per heavy atom. The van der Waals surface area contributed by atoms with Crippen molar-refractivity contribution in [1.29, 1.82) is 0 Å². The van der Waals surface area contributed by atoms with E-state index in [0.29, 0.717) is 0 Å². The molecule has 10 heteroatoms. The van der Waals surface area contributed by atoms with Gasteiger partial charge in [-0.25, -0.2) is 0 Å². The SMILES string of the molecule is COC(=O)[C@@H](N)CCC(N)=O.N[C@@H](CCC(=O)O)C(=O)O. The summed E-state index contributed by atoms with van der Waals surface area (Å²) in [6.45, 7) is 0. The standard InChI is InChI=1S/C6H12N2O3.C5H9NO4/c1-11-6(10)4(7)2-3-5(8)9;6-3(5(9)10)1-2-4(7)8/h4H,2-3,7H2,1H3,(H2,8,9);3H,1-2,6H2,(H,7,8)(H,9,10)/t4-;3-/m00/s1. The molecule has 0 radical (unpaired) electrons. The first-order chi connectivity index (χ1) is 9.61. The van der Waals surface area contributed by atoms with Crippen molar-refractivity contribution in [1.82, 2.24) is 0 Å². The van der Waals surface area contributed by atoms with Crippen molar-refractivity contribution in [3.8, 4) is 0 Å². The molecule has 21 heavy (non-hydrogen) atoms. The molecular formula is C11H21N3O7. The quantitative estimate of drug-likeness (QED) is 0.315. The van der Waals surface area contributed by atoms with E-state index >= 15 is 0 Å². The molecule has 0 heterocycles. The fourth-order valence-electron chi connectivity index (χ4n) is 0.969. The minimum atomic E-state index is -1.17. The van der Waals surface area contributed by atoms with Crippen molar-refractivity contribution in [2.45, 2.75) is 37.8 Å². The second-order valence-electron chi connectivity index (χ2n) is 4.01. The second kappa shape index (κ2) is 11.6. The predicted molar refractivity (Wildman–Crippen MR) is 70.9 cm³/mol. The second-order valence-corrected chi connectivity index (χ2v) is 4.01. The largest absolute Gasteiger partial charge is 0.481 e. The summed E-state index contributed by atoms with van der Waals surface area (Å²) in [6, 6.07) is -1.80. The molecule has 0 aromatic carbocycles. The predicted octanol–water partition coefficient (Wildman–Crippen LogP) is -1.98. The fraction of sp³-hybridized carbons (Fsp3) is 0.636. The van der Waals surface area contributed by atoms with E-state index < -0.39 is 35.9 Å². The minimum Gasteiger partial charge on any atom is -0.481 e. The first kappa shape index (κ1) is 21.1. The zero-order chi connectivity index (χ0) is 17.0. The van der Waals surface area contributed by atoms with Crippen molar-refractivity contribution in [2.75, 3.05) is 7.11 Å². The Morgan fingerprint density at radius 1 is 1.00 bits per heavy atom. The molecule has 0 aromatic heterocycles. The molecule has 1 amide bonds. The van der Waals surface area contributed by atoms with E-state index in [9.17, 15) is 19.2 Å². The lowest BCUT2D eigenvalue weighted by molar-refractivity contribution is -0.143. The molecule has 0 aromatic rings. The average Bonchev–Trinajstić information content (AvgIpc) is 2.41. The average molecular weight is 307 g/mol. The summed E-state index contributed by atoms with van der Waals surface area (Å²) >= 11 is 0. The van der Waals surface area contributed by atoms with E-state index in [0.717, 1.165) is 0 Å². The van der Waals surface area contributed by atoms with Crippen LogP contribution in [0.3, 0.4) is 0 Å². The number of rotatable bonds is 8. The Morgan fingerprint density at radius 3 is 1.81 bits per heavy atom. The van der Waals surface area contributed by atoms with Gasteiger partial charge in [-0.1, -0.05) is 0 Å². The molecule has 0 aliphatic carbocycles. The number of carbonyl (C=O) groups excluding carboxylic acids is 2. The lowest BCUT2D eigenvalue weighted by atomic mass is 10.2. The van der Waals surface area contributed by atoms with Crippen LogP contribution in [0.2, 0.25) is 0 Å². The Kier molecular flexibility index (Phi) is 11.7. The van der Waals surface area contributed by atoms with Gasteiger partial charge in [0.15, 0.2) is 0 Å². The van der Waals surface area contributed by atoms with Gasteiger partial charge in [-0.15, -0.1) is 0 Å². The maximum absolute atomic E-state index is 10.6. The molecule has 0 rings (SSSR count). The molecule has 8 N–H and O–H groups in total. The van der Waals surface area contributed by atoms with Crippen LogP contribution >= 0.6 is 0 Å². The van der Waals surface area contributed by atoms with Crippen LogP contribution in [-0.4, -0.2) is 53.2 Å². The summed E-state index contributed by atoms with van der Waals surface area (Å²) in [5, 5.41) is 16.3. The molecule has 0 saturated heterocycles. The lowest BCUT2D eigenvalue weighted by Crippen LogP contribution is -2.32. The van der Waals surface area contributed by atoms with Crippen LogP contribution < -0.4 is 17.2 Å². The van der Waals surface area contributed by atoms with Crippen LogP contribution in [0.1, 0.15) is 25.7 Å². The molecule has 10 nitrogen and oxygen atoms in total. The maximum atomic E-state index is 10.6. The third-order valence-corrected chi connectivity index (χ3v) is 2.19. The molecule has 0 aliphatic rings. The Labute approximate surface area is 121 Å². The summed E-state index contributed by atoms with van der Waals surface area (Å²) in [5.41, 5.74) is 15.1. The van der Waals surface area contributed by atoms with E-state index in [1.807, 2.05) is 0 Å². The number of ether oxygens (including phenoxy) is 1. The van der Waals surface area contributed by atoms with Crippen LogP contribution in [-0.2, 0) is 23.9 Å². The number of carboxylic acid groups (broad SMARTS) is 2. The smallest absolute Gasteiger partial charge is 0.322 e. The number of amides is 1. The van der Waals surface area contributed by atoms with Crippen LogP contribution in [0.5, 0.6) is 0 Å². The number of carbonyl (C=O) groups is 4. The van der Waals surface area contributed by atoms with Gasteiger partial charge in [-0.3, -0.25) is 19.2 Å². The van der Waals surface area contributed by atoms with E-state index in [2.05, 4.69) is 4.74 Å². The van der Waals surface area contributed by atoms with Crippen LogP contribution in [0.4, 0.5) is 0 Å². The van der Waals surface area contributed by atoms with Gasteiger partial charge in [0, 0.05) is 12.8 Å². The van der Waals surface area contributed by atoms with Gasteiger partial charge < -0.3 is 32.2 Å². The minimum absolute atomic E-state index is 0.0231. The monoisotopic (exact) mass is 307 g/mol. The molecule has 0 unspecified atom stereocenters. The highest BCUT2D eigenvalue weighted by atomic mass is 16.5. The third-order valence-electron chi connectivity index (χ3n) is 2.19. The molecular weight excluding hydrogens is 286 g/mol. The summed E-state index contributed by atoms with van der Waals surface area (Å²) in [6.07, 6.45) is 0.121. The Bertz CT molecular complexity index is 373. The van der Waals surface area contributed by atoms with Crippen LogP contribution in [0, 0.1) is 0 Å². The Hall–Kier alpha value is -2.20. The molecule has 0 spiro atoms. The number of esters is 1. The van der Waals surface area contributed by atoms with E-state index in [1.54, 1.807) is 0 Å². The van der Waals surface area contributed by atoms with E-state index in [4.69, 9.17) is 27.4 Å². The van der Waals surface area contributed by atoms with Gasteiger partial charge >= 0.3 is 17.9 Å². The number of primary amides is 1. The van der Waals surface area contributed by atoms with Gasteiger partial charge in [0.2, 0.25) is 5.91 Å². The summed E-state index contributed by atoms with van der Waals surface area (Å²) in [7, 11) is 1.24. The first-order valence-electron chi connectivity index (χ1n) is 5.93.